The molecule has 2 atom stereocenters. The zero-order valence-corrected chi connectivity index (χ0v) is 12.7. The number of fused-ring (bicyclic) bond motifs is 1. The first-order valence-corrected chi connectivity index (χ1v) is 7.63. The molecule has 19 heavy (non-hydrogen) atoms. The van der Waals surface area contributed by atoms with Gasteiger partial charge in [-0.1, -0.05) is 37.6 Å². The minimum absolute atomic E-state index is 0.156. The van der Waals surface area contributed by atoms with Gasteiger partial charge in [-0.25, -0.2) is 0 Å². The highest BCUT2D eigenvalue weighted by atomic mass is 15.2. The number of nitrogens with two attached hydrogens (primary N) is 1. The van der Waals surface area contributed by atoms with Gasteiger partial charge in [0.1, 0.15) is 0 Å². The number of benzene rings is 1. The highest BCUT2D eigenvalue weighted by Gasteiger charge is 2.38. The van der Waals surface area contributed by atoms with Gasteiger partial charge >= 0.3 is 0 Å². The summed E-state index contributed by atoms with van der Waals surface area (Å²) in [6, 6.07) is 9.46. The molecule has 2 rings (SSSR count). The average Bonchev–Trinajstić information content (AvgIpc) is 2.46. The third-order valence-electron chi connectivity index (χ3n) is 4.99. The summed E-state index contributed by atoms with van der Waals surface area (Å²) >= 11 is 0. The largest absolute Gasteiger partial charge is 0.329 e. The van der Waals surface area contributed by atoms with Crippen molar-refractivity contribution in [2.45, 2.75) is 57.5 Å². The highest BCUT2D eigenvalue weighted by Crippen LogP contribution is 2.33. The standard InChI is InChI=1S/C17H28N2/c1-4-7-14(2)19(3)17(13-18)11-10-15-8-5-6-9-16(15)12-17/h5-6,8-9,14H,4,7,10-13,18H2,1-3H3. The third-order valence-corrected chi connectivity index (χ3v) is 4.99. The molecule has 2 N–H and O–H groups in total. The van der Waals surface area contributed by atoms with Crippen molar-refractivity contribution in [3.8, 4) is 0 Å². The summed E-state index contributed by atoms with van der Waals surface area (Å²) in [6.07, 6.45) is 5.94. The van der Waals surface area contributed by atoms with Crippen molar-refractivity contribution in [3.05, 3.63) is 35.4 Å². The van der Waals surface area contributed by atoms with Crippen LogP contribution in [0.3, 0.4) is 0 Å². The van der Waals surface area contributed by atoms with E-state index in [1.54, 1.807) is 0 Å². The van der Waals surface area contributed by atoms with Gasteiger partial charge in [0.05, 0.1) is 0 Å². The normalized spacial score (nSPS) is 24.3. The van der Waals surface area contributed by atoms with E-state index >= 15 is 0 Å². The quantitative estimate of drug-likeness (QED) is 0.882. The Hall–Kier alpha value is -0.860. The van der Waals surface area contributed by atoms with E-state index in [0.29, 0.717) is 6.04 Å². The highest BCUT2D eigenvalue weighted by molar-refractivity contribution is 5.32. The lowest BCUT2D eigenvalue weighted by Crippen LogP contribution is -2.58. The number of nitrogens with zero attached hydrogens (tertiary/aromatic N) is 1. The average molecular weight is 260 g/mol. The van der Waals surface area contributed by atoms with Crippen molar-refractivity contribution in [2.75, 3.05) is 13.6 Å². The predicted molar refractivity (Wildman–Crippen MR) is 82.4 cm³/mol. The van der Waals surface area contributed by atoms with Crippen molar-refractivity contribution in [3.63, 3.8) is 0 Å². The number of rotatable bonds is 5. The second-order valence-electron chi connectivity index (χ2n) is 6.12. The van der Waals surface area contributed by atoms with Crippen LogP contribution >= 0.6 is 0 Å². The lowest BCUT2D eigenvalue weighted by molar-refractivity contribution is 0.0666. The van der Waals surface area contributed by atoms with Crippen LogP contribution in [0, 0.1) is 0 Å². The molecule has 0 radical (unpaired) electrons. The van der Waals surface area contributed by atoms with Crippen molar-refractivity contribution < 1.29 is 0 Å². The molecule has 106 valence electrons. The van der Waals surface area contributed by atoms with Crippen LogP contribution in [0.4, 0.5) is 0 Å². The van der Waals surface area contributed by atoms with Crippen LogP contribution < -0.4 is 5.73 Å². The molecule has 0 amide bonds. The summed E-state index contributed by atoms with van der Waals surface area (Å²) in [7, 11) is 2.26. The Balaban J connectivity index is 2.21. The van der Waals surface area contributed by atoms with Crippen molar-refractivity contribution >= 4 is 0 Å². The molecule has 0 aromatic heterocycles. The molecule has 0 fully saturated rings. The molecule has 0 spiro atoms. The first kappa shape index (κ1) is 14.5. The molecule has 0 saturated heterocycles. The van der Waals surface area contributed by atoms with Crippen molar-refractivity contribution in [1.29, 1.82) is 0 Å². The first-order valence-electron chi connectivity index (χ1n) is 7.63. The SMILES string of the molecule is CCCC(C)N(C)C1(CN)CCc2ccccc2C1. The monoisotopic (exact) mass is 260 g/mol. The minimum Gasteiger partial charge on any atom is -0.329 e. The van der Waals surface area contributed by atoms with E-state index < -0.39 is 0 Å². The smallest absolute Gasteiger partial charge is 0.0374 e. The molecule has 1 aliphatic carbocycles. The molecule has 2 nitrogen and oxygen atoms in total. The molecule has 1 aromatic carbocycles. The molecular formula is C17H28N2. The minimum atomic E-state index is 0.156. The van der Waals surface area contributed by atoms with Gasteiger partial charge in [-0.3, -0.25) is 4.90 Å². The zero-order valence-electron chi connectivity index (χ0n) is 12.7. The fraction of sp³-hybridized carbons (Fsp3) is 0.647. The van der Waals surface area contributed by atoms with E-state index in [9.17, 15) is 0 Å². The number of hydrogen-bond acceptors (Lipinski definition) is 2. The van der Waals surface area contributed by atoms with E-state index in [-0.39, 0.29) is 5.54 Å². The van der Waals surface area contributed by atoms with Gasteiger partial charge in [0.25, 0.3) is 0 Å². The lowest BCUT2D eigenvalue weighted by Gasteiger charge is -2.47. The zero-order chi connectivity index (χ0) is 13.9. The van der Waals surface area contributed by atoms with Crippen LogP contribution in [-0.4, -0.2) is 30.1 Å². The molecule has 1 aromatic rings. The molecular weight excluding hydrogens is 232 g/mol. The Kier molecular flexibility index (Phi) is 4.64. The number of likely N-dealkylation sites (N-methyl/N-ethyl adjacent to an activating group) is 1. The third kappa shape index (κ3) is 2.85. The Bertz CT molecular complexity index is 415. The second-order valence-corrected chi connectivity index (χ2v) is 6.12. The Morgan fingerprint density at radius 1 is 1.32 bits per heavy atom. The van der Waals surface area contributed by atoms with E-state index in [0.717, 1.165) is 19.4 Å². The first-order chi connectivity index (χ1) is 9.13. The van der Waals surface area contributed by atoms with Crippen LogP contribution in [-0.2, 0) is 12.8 Å². The van der Waals surface area contributed by atoms with Crippen LogP contribution in [0.15, 0.2) is 24.3 Å². The fourth-order valence-corrected chi connectivity index (χ4v) is 3.48. The molecule has 0 saturated carbocycles. The van der Waals surface area contributed by atoms with Gasteiger partial charge in [0.2, 0.25) is 0 Å². The molecule has 2 unspecified atom stereocenters. The molecule has 1 aliphatic rings. The van der Waals surface area contributed by atoms with Gasteiger partial charge in [-0.15, -0.1) is 0 Å². The number of aryl methyl sites for hydroxylation is 1. The maximum absolute atomic E-state index is 6.19. The summed E-state index contributed by atoms with van der Waals surface area (Å²) in [5.41, 5.74) is 9.36. The Morgan fingerprint density at radius 2 is 2.00 bits per heavy atom. The van der Waals surface area contributed by atoms with Gasteiger partial charge in [-0.2, -0.15) is 0 Å². The van der Waals surface area contributed by atoms with Gasteiger partial charge in [0.15, 0.2) is 0 Å². The van der Waals surface area contributed by atoms with Crippen molar-refractivity contribution in [2.24, 2.45) is 5.73 Å². The van der Waals surface area contributed by atoms with Gasteiger partial charge in [-0.05, 0) is 50.8 Å². The van der Waals surface area contributed by atoms with Crippen molar-refractivity contribution in [1.82, 2.24) is 4.90 Å². The summed E-state index contributed by atoms with van der Waals surface area (Å²) in [5, 5.41) is 0. The molecule has 0 aliphatic heterocycles. The summed E-state index contributed by atoms with van der Waals surface area (Å²) in [6.45, 7) is 5.35. The predicted octanol–water partition coefficient (Wildman–Crippen LogP) is 2.99. The maximum Gasteiger partial charge on any atom is 0.0374 e. The van der Waals surface area contributed by atoms with Crippen LogP contribution in [0.2, 0.25) is 0 Å². The van der Waals surface area contributed by atoms with E-state index in [2.05, 4.69) is 50.1 Å². The van der Waals surface area contributed by atoms with E-state index in [4.69, 9.17) is 5.73 Å². The van der Waals surface area contributed by atoms with Crippen LogP contribution in [0.1, 0.15) is 44.2 Å². The maximum atomic E-state index is 6.19. The molecule has 0 heterocycles. The summed E-state index contributed by atoms with van der Waals surface area (Å²) in [5.74, 6) is 0. The topological polar surface area (TPSA) is 29.3 Å². The Labute approximate surface area is 118 Å². The van der Waals surface area contributed by atoms with Crippen LogP contribution in [0.25, 0.3) is 0 Å². The van der Waals surface area contributed by atoms with Crippen LogP contribution in [0.5, 0.6) is 0 Å². The van der Waals surface area contributed by atoms with Gasteiger partial charge < -0.3 is 5.73 Å². The fourth-order valence-electron chi connectivity index (χ4n) is 3.48. The second kappa shape index (κ2) is 6.06. The summed E-state index contributed by atoms with van der Waals surface area (Å²) in [4.78, 5) is 2.55. The van der Waals surface area contributed by atoms with E-state index in [1.807, 2.05) is 0 Å². The number of hydrogen-bond donors (Lipinski definition) is 1. The lowest BCUT2D eigenvalue weighted by atomic mass is 9.76. The van der Waals surface area contributed by atoms with E-state index in [1.165, 1.54) is 30.4 Å². The van der Waals surface area contributed by atoms with Gasteiger partial charge in [0, 0.05) is 18.1 Å². The summed E-state index contributed by atoms with van der Waals surface area (Å²) < 4.78 is 0. The Morgan fingerprint density at radius 3 is 2.63 bits per heavy atom. The molecule has 2 heteroatoms. The molecule has 0 bridgehead atoms.